The molecule has 4 aromatic rings. The van der Waals surface area contributed by atoms with Gasteiger partial charge in [0.2, 0.25) is 0 Å². The summed E-state index contributed by atoms with van der Waals surface area (Å²) in [5, 5.41) is 5.31. The number of carbonyl (C=O) groups is 2. The molecule has 2 aliphatic heterocycles. The Kier molecular flexibility index (Phi) is 7.39. The molecule has 0 N–H and O–H groups in total. The van der Waals surface area contributed by atoms with Crippen LogP contribution < -0.4 is 0 Å². The van der Waals surface area contributed by atoms with E-state index >= 15 is 0 Å². The number of hydrogen-bond acceptors (Lipinski definition) is 3. The van der Waals surface area contributed by atoms with Crippen molar-refractivity contribution < 1.29 is 14.0 Å². The molecule has 2 fully saturated rings. The van der Waals surface area contributed by atoms with Crippen LogP contribution in [-0.2, 0) is 0 Å². The van der Waals surface area contributed by atoms with E-state index in [0.29, 0.717) is 61.1 Å². The van der Waals surface area contributed by atoms with E-state index in [4.69, 9.17) is 11.6 Å². The molecular weight excluding hydrogens is 527 g/mol. The molecule has 1 atom stereocenters. The van der Waals surface area contributed by atoms with E-state index in [1.807, 2.05) is 52.0 Å². The van der Waals surface area contributed by atoms with Gasteiger partial charge in [-0.05, 0) is 73.4 Å². The van der Waals surface area contributed by atoms with Gasteiger partial charge in [-0.25, -0.2) is 9.07 Å². The molecule has 3 aromatic carbocycles. The van der Waals surface area contributed by atoms with Gasteiger partial charge in [0.15, 0.2) is 0 Å². The normalized spacial score (nSPS) is 17.8. The Morgan fingerprint density at radius 2 is 1.43 bits per heavy atom. The molecule has 3 heterocycles. The molecule has 40 heavy (non-hydrogen) atoms. The van der Waals surface area contributed by atoms with Crippen LogP contribution in [0, 0.1) is 5.82 Å². The van der Waals surface area contributed by atoms with Gasteiger partial charge in [-0.3, -0.25) is 9.59 Å². The molecule has 2 aliphatic rings. The predicted molar refractivity (Wildman–Crippen MR) is 153 cm³/mol. The number of amides is 2. The highest BCUT2D eigenvalue weighted by Crippen LogP contribution is 2.35. The number of rotatable bonds is 5. The van der Waals surface area contributed by atoms with Gasteiger partial charge in [0.25, 0.3) is 11.8 Å². The quantitative estimate of drug-likeness (QED) is 0.289. The molecule has 8 heteroatoms. The lowest BCUT2D eigenvalue weighted by molar-refractivity contribution is 0.0706. The Morgan fingerprint density at radius 3 is 2.12 bits per heavy atom. The minimum atomic E-state index is -0.365. The average molecular weight is 557 g/mol. The number of halogens is 2. The first kappa shape index (κ1) is 26.3. The summed E-state index contributed by atoms with van der Waals surface area (Å²) in [6.07, 6.45) is 4.01. The van der Waals surface area contributed by atoms with Crippen LogP contribution in [0.25, 0.3) is 5.69 Å². The number of aromatic nitrogens is 2. The number of hydrogen-bond donors (Lipinski definition) is 0. The maximum absolute atomic E-state index is 13.9. The topological polar surface area (TPSA) is 58.4 Å². The van der Waals surface area contributed by atoms with E-state index < -0.39 is 0 Å². The van der Waals surface area contributed by atoms with Crippen LogP contribution in [0.2, 0.25) is 5.02 Å². The number of likely N-dealkylation sites (tertiary alicyclic amines) is 2. The lowest BCUT2D eigenvalue weighted by Gasteiger charge is -2.33. The van der Waals surface area contributed by atoms with Crippen molar-refractivity contribution in [1.29, 1.82) is 0 Å². The fraction of sp³-hybridized carbons (Fsp3) is 0.281. The number of nitrogens with zero attached hydrogens (tertiary/aromatic N) is 4. The molecule has 0 bridgehead atoms. The van der Waals surface area contributed by atoms with Crippen molar-refractivity contribution in [2.24, 2.45) is 0 Å². The van der Waals surface area contributed by atoms with Crippen molar-refractivity contribution >= 4 is 23.4 Å². The fourth-order valence-corrected chi connectivity index (χ4v) is 6.07. The molecule has 204 valence electrons. The van der Waals surface area contributed by atoms with Crippen LogP contribution in [-0.4, -0.2) is 57.6 Å². The van der Waals surface area contributed by atoms with E-state index in [-0.39, 0.29) is 23.5 Å². The van der Waals surface area contributed by atoms with Crippen LogP contribution in [0.5, 0.6) is 0 Å². The van der Waals surface area contributed by atoms with E-state index in [9.17, 15) is 14.0 Å². The lowest BCUT2D eigenvalue weighted by Crippen LogP contribution is -2.38. The van der Waals surface area contributed by atoms with Gasteiger partial charge in [-0.2, -0.15) is 5.10 Å². The number of benzene rings is 3. The molecule has 0 saturated carbocycles. The second-order valence-electron chi connectivity index (χ2n) is 10.6. The van der Waals surface area contributed by atoms with Crippen LogP contribution in [0.3, 0.4) is 0 Å². The largest absolute Gasteiger partial charge is 0.339 e. The highest BCUT2D eigenvalue weighted by atomic mass is 35.5. The molecular formula is C32H30ClFN4O2. The molecule has 6 rings (SSSR count). The second-order valence-corrected chi connectivity index (χ2v) is 11.0. The van der Waals surface area contributed by atoms with Crippen molar-refractivity contribution in [2.75, 3.05) is 26.2 Å². The van der Waals surface area contributed by atoms with E-state index in [1.54, 1.807) is 11.1 Å². The fourth-order valence-electron chi connectivity index (χ4n) is 5.95. The molecule has 1 aromatic heterocycles. The Balaban J connectivity index is 1.25. The molecule has 0 unspecified atom stereocenters. The minimum Gasteiger partial charge on any atom is -0.339 e. The summed E-state index contributed by atoms with van der Waals surface area (Å²) >= 11 is 6.15. The zero-order valence-corrected chi connectivity index (χ0v) is 22.8. The second kappa shape index (κ2) is 11.3. The monoisotopic (exact) mass is 556 g/mol. The Bertz CT molecular complexity index is 1500. The standard InChI is InChI=1S/C32H30ClFN4O2/c33-26-8-12-28(13-9-26)38-30(23-14-17-36(18-15-23)31(39)24-6-10-27(34)11-7-24)29(20-35-38)32(40)37-19-16-25(21-37)22-4-2-1-3-5-22/h1-13,20,23,25H,14-19,21H2/t25-/m0/s1. The third kappa shape index (κ3) is 5.26. The smallest absolute Gasteiger partial charge is 0.257 e. The molecule has 2 saturated heterocycles. The summed E-state index contributed by atoms with van der Waals surface area (Å²) in [5.41, 5.74) is 4.07. The van der Waals surface area contributed by atoms with Crippen molar-refractivity contribution in [3.63, 3.8) is 0 Å². The van der Waals surface area contributed by atoms with Crippen molar-refractivity contribution in [3.05, 3.63) is 118 Å². The zero-order valence-electron chi connectivity index (χ0n) is 22.0. The zero-order chi connectivity index (χ0) is 27.6. The van der Waals surface area contributed by atoms with Gasteiger partial charge in [-0.15, -0.1) is 0 Å². The Hall–Kier alpha value is -3.97. The summed E-state index contributed by atoms with van der Waals surface area (Å²) in [6.45, 7) is 2.47. The first-order chi connectivity index (χ1) is 19.5. The van der Waals surface area contributed by atoms with Crippen LogP contribution >= 0.6 is 11.6 Å². The first-order valence-electron chi connectivity index (χ1n) is 13.7. The summed E-state index contributed by atoms with van der Waals surface area (Å²) in [4.78, 5) is 30.7. The summed E-state index contributed by atoms with van der Waals surface area (Å²) in [7, 11) is 0. The third-order valence-corrected chi connectivity index (χ3v) is 8.37. The summed E-state index contributed by atoms with van der Waals surface area (Å²) < 4.78 is 15.2. The molecule has 6 nitrogen and oxygen atoms in total. The molecule has 0 radical (unpaired) electrons. The van der Waals surface area contributed by atoms with E-state index in [2.05, 4.69) is 17.2 Å². The molecule has 0 aliphatic carbocycles. The van der Waals surface area contributed by atoms with Gasteiger partial charge in [0.1, 0.15) is 5.82 Å². The van der Waals surface area contributed by atoms with Gasteiger partial charge in [0.05, 0.1) is 23.1 Å². The van der Waals surface area contributed by atoms with Crippen LogP contribution in [0.4, 0.5) is 4.39 Å². The summed E-state index contributed by atoms with van der Waals surface area (Å²) in [6, 6.07) is 23.5. The maximum Gasteiger partial charge on any atom is 0.257 e. The van der Waals surface area contributed by atoms with Crippen molar-refractivity contribution in [1.82, 2.24) is 19.6 Å². The summed E-state index contributed by atoms with van der Waals surface area (Å²) in [5.74, 6) is -0.109. The number of piperidine rings is 1. The number of carbonyl (C=O) groups excluding carboxylic acids is 2. The maximum atomic E-state index is 13.9. The Labute approximate surface area is 238 Å². The van der Waals surface area contributed by atoms with Gasteiger partial charge in [-0.1, -0.05) is 41.9 Å². The predicted octanol–water partition coefficient (Wildman–Crippen LogP) is 6.31. The molecule has 0 spiro atoms. The third-order valence-electron chi connectivity index (χ3n) is 8.11. The van der Waals surface area contributed by atoms with Crippen molar-refractivity contribution in [2.45, 2.75) is 31.1 Å². The Morgan fingerprint density at radius 1 is 0.775 bits per heavy atom. The van der Waals surface area contributed by atoms with Gasteiger partial charge >= 0.3 is 0 Å². The highest BCUT2D eigenvalue weighted by Gasteiger charge is 2.34. The van der Waals surface area contributed by atoms with Crippen molar-refractivity contribution in [3.8, 4) is 5.69 Å². The first-order valence-corrected chi connectivity index (χ1v) is 14.1. The SMILES string of the molecule is O=C(c1ccc(F)cc1)N1CCC(c2c(C(=O)N3CC[C@H](c4ccccc4)C3)cnn2-c2ccc(Cl)cc2)CC1. The van der Waals surface area contributed by atoms with Gasteiger partial charge < -0.3 is 9.80 Å². The van der Waals surface area contributed by atoms with Crippen LogP contribution in [0.1, 0.15) is 63.1 Å². The van der Waals surface area contributed by atoms with E-state index in [0.717, 1.165) is 17.8 Å². The van der Waals surface area contributed by atoms with Gasteiger partial charge in [0, 0.05) is 48.6 Å². The lowest BCUT2D eigenvalue weighted by atomic mass is 9.90. The minimum absolute atomic E-state index is 0.00142. The molecule has 2 amide bonds. The van der Waals surface area contributed by atoms with E-state index in [1.165, 1.54) is 29.8 Å². The van der Waals surface area contributed by atoms with Crippen LogP contribution in [0.15, 0.2) is 85.1 Å². The average Bonchev–Trinajstić information content (AvgIpc) is 3.66. The highest BCUT2D eigenvalue weighted by molar-refractivity contribution is 6.30.